The molecule has 0 aliphatic heterocycles. The van der Waals surface area contributed by atoms with Gasteiger partial charge in [0, 0.05) is 18.2 Å². The van der Waals surface area contributed by atoms with E-state index in [1.165, 1.54) is 6.42 Å². The summed E-state index contributed by atoms with van der Waals surface area (Å²) in [5.74, 6) is 1.47. The number of hydrogen-bond acceptors (Lipinski definition) is 3. The first-order valence-corrected chi connectivity index (χ1v) is 7.20. The first-order chi connectivity index (χ1) is 8.87. The van der Waals surface area contributed by atoms with Crippen molar-refractivity contribution in [3.05, 3.63) is 23.9 Å². The normalized spacial score (nSPS) is 11.9. The molecule has 0 fully saturated rings. The lowest BCUT2D eigenvalue weighted by Crippen LogP contribution is -2.35. The number of nitrogens with one attached hydrogen (secondary N) is 1. The molecule has 0 saturated heterocycles. The summed E-state index contributed by atoms with van der Waals surface area (Å²) in [6.45, 7) is 12.4. The van der Waals surface area contributed by atoms with Crippen molar-refractivity contribution in [1.29, 1.82) is 0 Å². The lowest BCUT2D eigenvalue weighted by Gasteiger charge is -2.20. The van der Waals surface area contributed by atoms with Crippen molar-refractivity contribution in [2.75, 3.05) is 6.61 Å². The van der Waals surface area contributed by atoms with Crippen LogP contribution in [0.1, 0.15) is 53.2 Å². The van der Waals surface area contributed by atoms with Crippen LogP contribution in [0, 0.1) is 5.92 Å². The van der Waals surface area contributed by atoms with Gasteiger partial charge in [0.1, 0.15) is 0 Å². The summed E-state index contributed by atoms with van der Waals surface area (Å²) in [7, 11) is 0. The Morgan fingerprint density at radius 2 is 2.00 bits per heavy atom. The highest BCUT2D eigenvalue weighted by Gasteiger charge is 2.09. The maximum atomic E-state index is 5.69. The van der Waals surface area contributed by atoms with Crippen LogP contribution in [0.4, 0.5) is 0 Å². The second kappa shape index (κ2) is 7.49. The van der Waals surface area contributed by atoms with Crippen molar-refractivity contribution in [2.45, 2.75) is 59.5 Å². The fraction of sp³-hybridized carbons (Fsp3) is 0.688. The van der Waals surface area contributed by atoms with E-state index in [4.69, 9.17) is 4.74 Å². The standard InChI is InChI=1S/C16H28N2O/c1-13(2)8-7-11-19-15-10-6-9-14(18-15)12-17-16(3,4)5/h6,9-10,13,17H,7-8,11-12H2,1-5H3. The highest BCUT2D eigenvalue weighted by Crippen LogP contribution is 2.10. The molecule has 1 aromatic heterocycles. The van der Waals surface area contributed by atoms with E-state index in [-0.39, 0.29) is 5.54 Å². The molecule has 3 nitrogen and oxygen atoms in total. The van der Waals surface area contributed by atoms with Crippen molar-refractivity contribution in [1.82, 2.24) is 10.3 Å². The molecule has 0 bridgehead atoms. The molecule has 0 aromatic carbocycles. The average Bonchev–Trinajstić information content (AvgIpc) is 2.32. The molecular weight excluding hydrogens is 236 g/mol. The summed E-state index contributed by atoms with van der Waals surface area (Å²) in [5.41, 5.74) is 1.13. The van der Waals surface area contributed by atoms with Crippen LogP contribution in [0.5, 0.6) is 5.88 Å². The molecule has 108 valence electrons. The average molecular weight is 264 g/mol. The number of aromatic nitrogens is 1. The van der Waals surface area contributed by atoms with Crippen molar-refractivity contribution < 1.29 is 4.74 Å². The van der Waals surface area contributed by atoms with Crippen molar-refractivity contribution in [3.8, 4) is 5.88 Å². The molecule has 0 amide bonds. The molecule has 1 rings (SSSR count). The second-order valence-electron chi connectivity index (χ2n) is 6.46. The number of ether oxygens (including phenoxy) is 1. The molecule has 1 heterocycles. The van der Waals surface area contributed by atoms with Gasteiger partial charge >= 0.3 is 0 Å². The molecule has 0 atom stereocenters. The molecule has 19 heavy (non-hydrogen) atoms. The van der Waals surface area contributed by atoms with Crippen LogP contribution >= 0.6 is 0 Å². The predicted octanol–water partition coefficient (Wildman–Crippen LogP) is 3.78. The summed E-state index contributed by atoms with van der Waals surface area (Å²) in [6, 6.07) is 5.96. The summed E-state index contributed by atoms with van der Waals surface area (Å²) in [6.07, 6.45) is 2.29. The third-order valence-electron chi connectivity index (χ3n) is 2.76. The Balaban J connectivity index is 2.39. The molecule has 0 radical (unpaired) electrons. The monoisotopic (exact) mass is 264 g/mol. The quantitative estimate of drug-likeness (QED) is 0.761. The first kappa shape index (κ1) is 16.0. The number of nitrogens with zero attached hydrogens (tertiary/aromatic N) is 1. The van der Waals surface area contributed by atoms with E-state index in [1.54, 1.807) is 0 Å². The van der Waals surface area contributed by atoms with E-state index in [0.717, 1.165) is 37.1 Å². The maximum Gasteiger partial charge on any atom is 0.213 e. The topological polar surface area (TPSA) is 34.1 Å². The molecule has 1 N–H and O–H groups in total. The van der Waals surface area contributed by atoms with Crippen LogP contribution in [-0.2, 0) is 6.54 Å². The third-order valence-corrected chi connectivity index (χ3v) is 2.76. The second-order valence-corrected chi connectivity index (χ2v) is 6.46. The van der Waals surface area contributed by atoms with Crippen LogP contribution in [0.15, 0.2) is 18.2 Å². The minimum atomic E-state index is 0.107. The fourth-order valence-corrected chi connectivity index (χ4v) is 1.66. The zero-order chi connectivity index (χ0) is 14.3. The first-order valence-electron chi connectivity index (χ1n) is 7.20. The van der Waals surface area contributed by atoms with Crippen molar-refractivity contribution in [3.63, 3.8) is 0 Å². The number of hydrogen-bond donors (Lipinski definition) is 1. The van der Waals surface area contributed by atoms with E-state index >= 15 is 0 Å². The lowest BCUT2D eigenvalue weighted by atomic mass is 10.1. The highest BCUT2D eigenvalue weighted by atomic mass is 16.5. The number of pyridine rings is 1. The highest BCUT2D eigenvalue weighted by molar-refractivity contribution is 5.15. The number of rotatable bonds is 7. The summed E-state index contributed by atoms with van der Waals surface area (Å²) in [5, 5.41) is 3.43. The Morgan fingerprint density at radius 3 is 2.63 bits per heavy atom. The minimum Gasteiger partial charge on any atom is -0.478 e. The lowest BCUT2D eigenvalue weighted by molar-refractivity contribution is 0.286. The molecule has 0 saturated carbocycles. The van der Waals surface area contributed by atoms with Gasteiger partial charge in [-0.2, -0.15) is 0 Å². The summed E-state index contributed by atoms with van der Waals surface area (Å²) >= 11 is 0. The molecule has 1 aromatic rings. The third kappa shape index (κ3) is 7.83. The Labute approximate surface area is 117 Å². The molecule has 0 aliphatic carbocycles. The van der Waals surface area contributed by atoms with Crippen LogP contribution in [-0.4, -0.2) is 17.1 Å². The van der Waals surface area contributed by atoms with Crippen LogP contribution < -0.4 is 10.1 Å². The van der Waals surface area contributed by atoms with E-state index < -0.39 is 0 Å². The molecule has 0 unspecified atom stereocenters. The van der Waals surface area contributed by atoms with Crippen LogP contribution in [0.25, 0.3) is 0 Å². The van der Waals surface area contributed by atoms with E-state index in [0.29, 0.717) is 0 Å². The van der Waals surface area contributed by atoms with Gasteiger partial charge in [0.25, 0.3) is 0 Å². The Bertz CT molecular complexity index is 369. The Morgan fingerprint density at radius 1 is 1.26 bits per heavy atom. The minimum absolute atomic E-state index is 0.107. The van der Waals surface area contributed by atoms with Gasteiger partial charge in [0.2, 0.25) is 5.88 Å². The Kier molecular flexibility index (Phi) is 6.29. The van der Waals surface area contributed by atoms with Gasteiger partial charge in [-0.25, -0.2) is 4.98 Å². The van der Waals surface area contributed by atoms with E-state index in [2.05, 4.69) is 44.9 Å². The summed E-state index contributed by atoms with van der Waals surface area (Å²) in [4.78, 5) is 4.51. The predicted molar refractivity (Wildman–Crippen MR) is 80.4 cm³/mol. The SMILES string of the molecule is CC(C)CCCOc1cccc(CNC(C)(C)C)n1. The molecule has 0 spiro atoms. The van der Waals surface area contributed by atoms with Crippen molar-refractivity contribution >= 4 is 0 Å². The zero-order valence-corrected chi connectivity index (χ0v) is 13.0. The maximum absolute atomic E-state index is 5.69. The largest absolute Gasteiger partial charge is 0.478 e. The van der Waals surface area contributed by atoms with E-state index in [9.17, 15) is 0 Å². The van der Waals surface area contributed by atoms with Gasteiger partial charge in [-0.1, -0.05) is 19.9 Å². The van der Waals surface area contributed by atoms with Gasteiger partial charge in [-0.05, 0) is 45.6 Å². The van der Waals surface area contributed by atoms with E-state index in [1.807, 2.05) is 18.2 Å². The molecule has 0 aliphatic rings. The smallest absolute Gasteiger partial charge is 0.213 e. The molecule has 3 heteroatoms. The van der Waals surface area contributed by atoms with Gasteiger partial charge in [-0.15, -0.1) is 0 Å². The zero-order valence-electron chi connectivity index (χ0n) is 13.0. The van der Waals surface area contributed by atoms with Gasteiger partial charge in [0.05, 0.1) is 12.3 Å². The van der Waals surface area contributed by atoms with Crippen LogP contribution in [0.2, 0.25) is 0 Å². The van der Waals surface area contributed by atoms with Gasteiger partial charge in [-0.3, -0.25) is 0 Å². The fourth-order valence-electron chi connectivity index (χ4n) is 1.66. The Hall–Kier alpha value is -1.09. The molecular formula is C16H28N2O. The van der Waals surface area contributed by atoms with Gasteiger partial charge in [0.15, 0.2) is 0 Å². The van der Waals surface area contributed by atoms with Gasteiger partial charge < -0.3 is 10.1 Å². The summed E-state index contributed by atoms with van der Waals surface area (Å²) < 4.78 is 5.69. The van der Waals surface area contributed by atoms with Crippen molar-refractivity contribution in [2.24, 2.45) is 5.92 Å². The van der Waals surface area contributed by atoms with Crippen LogP contribution in [0.3, 0.4) is 0 Å².